The Hall–Kier alpha value is -3.01. The maximum Gasteiger partial charge on any atom is 0.278 e. The van der Waals surface area contributed by atoms with E-state index in [-0.39, 0.29) is 5.91 Å². The molecule has 118 valence electrons. The summed E-state index contributed by atoms with van der Waals surface area (Å²) >= 11 is 0. The van der Waals surface area contributed by atoms with Gasteiger partial charge in [0.05, 0.1) is 5.69 Å². The highest BCUT2D eigenvalue weighted by atomic mass is 16.2. The van der Waals surface area contributed by atoms with E-state index in [0.717, 1.165) is 36.3 Å². The quantitative estimate of drug-likeness (QED) is 0.724. The highest BCUT2D eigenvalue weighted by Crippen LogP contribution is 2.27. The average Bonchev–Trinajstić information content (AvgIpc) is 2.68. The summed E-state index contributed by atoms with van der Waals surface area (Å²) in [5.41, 5.74) is 4.35. The monoisotopic (exact) mass is 315 g/mol. The molecule has 2 aromatic carbocycles. The van der Waals surface area contributed by atoms with Crippen molar-refractivity contribution in [2.24, 2.45) is 0 Å². The molecule has 1 amide bonds. The summed E-state index contributed by atoms with van der Waals surface area (Å²) < 4.78 is 0. The Morgan fingerprint density at radius 3 is 2.46 bits per heavy atom. The predicted octanol–water partition coefficient (Wildman–Crippen LogP) is 3.74. The van der Waals surface area contributed by atoms with Crippen molar-refractivity contribution in [1.82, 2.24) is 10.2 Å². The van der Waals surface area contributed by atoms with Crippen LogP contribution in [-0.4, -0.2) is 22.6 Å². The van der Waals surface area contributed by atoms with Crippen molar-refractivity contribution >= 4 is 11.6 Å². The lowest BCUT2D eigenvalue weighted by Crippen LogP contribution is -2.36. The van der Waals surface area contributed by atoms with Gasteiger partial charge in [-0.3, -0.25) is 4.79 Å². The molecule has 0 fully saturated rings. The number of nitrogens with zero attached hydrogens (tertiary/aromatic N) is 3. The highest BCUT2D eigenvalue weighted by molar-refractivity contribution is 6.05. The lowest BCUT2D eigenvalue weighted by Gasteiger charge is -2.29. The molecule has 4 heteroatoms. The molecule has 0 radical (unpaired) electrons. The number of benzene rings is 2. The van der Waals surface area contributed by atoms with Crippen LogP contribution in [0.5, 0.6) is 0 Å². The SMILES string of the molecule is O=C(c1ccc(-c2ccccc2)nn1)N1CCCc2ccccc21. The second kappa shape index (κ2) is 6.24. The molecule has 1 aromatic heterocycles. The topological polar surface area (TPSA) is 46.1 Å². The zero-order valence-electron chi connectivity index (χ0n) is 13.2. The Bertz CT molecular complexity index is 860. The van der Waals surface area contributed by atoms with Crippen molar-refractivity contribution in [2.75, 3.05) is 11.4 Å². The summed E-state index contributed by atoms with van der Waals surface area (Å²) in [6.07, 6.45) is 1.98. The van der Waals surface area contributed by atoms with E-state index in [9.17, 15) is 4.79 Å². The van der Waals surface area contributed by atoms with Crippen molar-refractivity contribution in [2.45, 2.75) is 12.8 Å². The third-order valence-corrected chi connectivity index (χ3v) is 4.31. The average molecular weight is 315 g/mol. The van der Waals surface area contributed by atoms with E-state index in [0.29, 0.717) is 5.69 Å². The second-order valence-electron chi connectivity index (χ2n) is 5.86. The number of carbonyl (C=O) groups is 1. The van der Waals surface area contributed by atoms with Crippen LogP contribution in [0.1, 0.15) is 22.5 Å². The van der Waals surface area contributed by atoms with Gasteiger partial charge in [-0.25, -0.2) is 0 Å². The number of para-hydroxylation sites is 1. The summed E-state index contributed by atoms with van der Waals surface area (Å²) in [5.74, 6) is -0.0886. The van der Waals surface area contributed by atoms with Crippen molar-refractivity contribution in [1.29, 1.82) is 0 Å². The maximum atomic E-state index is 12.8. The number of carbonyl (C=O) groups excluding carboxylic acids is 1. The fraction of sp³-hybridized carbons (Fsp3) is 0.150. The first kappa shape index (κ1) is 14.6. The zero-order valence-corrected chi connectivity index (χ0v) is 13.2. The smallest absolute Gasteiger partial charge is 0.278 e. The normalized spacial score (nSPS) is 13.4. The van der Waals surface area contributed by atoms with E-state index >= 15 is 0 Å². The summed E-state index contributed by atoms with van der Waals surface area (Å²) in [4.78, 5) is 14.6. The minimum absolute atomic E-state index is 0.0886. The lowest BCUT2D eigenvalue weighted by molar-refractivity contribution is 0.0979. The van der Waals surface area contributed by atoms with E-state index in [1.165, 1.54) is 5.56 Å². The van der Waals surface area contributed by atoms with Gasteiger partial charge in [0.15, 0.2) is 5.69 Å². The number of hydrogen-bond donors (Lipinski definition) is 0. The van der Waals surface area contributed by atoms with E-state index < -0.39 is 0 Å². The summed E-state index contributed by atoms with van der Waals surface area (Å²) in [7, 11) is 0. The molecule has 0 aliphatic carbocycles. The first-order valence-electron chi connectivity index (χ1n) is 8.12. The molecule has 0 N–H and O–H groups in total. The number of fused-ring (bicyclic) bond motifs is 1. The van der Waals surface area contributed by atoms with E-state index in [2.05, 4.69) is 16.3 Å². The lowest BCUT2D eigenvalue weighted by atomic mass is 10.0. The maximum absolute atomic E-state index is 12.8. The highest BCUT2D eigenvalue weighted by Gasteiger charge is 2.24. The summed E-state index contributed by atoms with van der Waals surface area (Å²) in [5, 5.41) is 8.39. The summed E-state index contributed by atoms with van der Waals surface area (Å²) in [6, 6.07) is 21.5. The van der Waals surface area contributed by atoms with Crippen LogP contribution < -0.4 is 4.90 Å². The molecule has 4 rings (SSSR count). The van der Waals surface area contributed by atoms with Crippen LogP contribution in [0.3, 0.4) is 0 Å². The number of hydrogen-bond acceptors (Lipinski definition) is 3. The van der Waals surface area contributed by atoms with Gasteiger partial charge in [0, 0.05) is 17.8 Å². The Morgan fingerprint density at radius 1 is 0.875 bits per heavy atom. The number of aromatic nitrogens is 2. The van der Waals surface area contributed by atoms with Crippen LogP contribution in [0.2, 0.25) is 0 Å². The van der Waals surface area contributed by atoms with Crippen LogP contribution >= 0.6 is 0 Å². The fourth-order valence-corrected chi connectivity index (χ4v) is 3.09. The predicted molar refractivity (Wildman–Crippen MR) is 93.9 cm³/mol. The van der Waals surface area contributed by atoms with Crippen LogP contribution in [0.4, 0.5) is 5.69 Å². The van der Waals surface area contributed by atoms with Crippen molar-refractivity contribution in [3.05, 3.63) is 78.0 Å². The minimum Gasteiger partial charge on any atom is -0.307 e. The van der Waals surface area contributed by atoms with Gasteiger partial charge in [0.25, 0.3) is 5.91 Å². The minimum atomic E-state index is -0.0886. The first-order valence-corrected chi connectivity index (χ1v) is 8.12. The largest absolute Gasteiger partial charge is 0.307 e. The first-order chi connectivity index (χ1) is 11.8. The molecule has 4 nitrogen and oxygen atoms in total. The number of anilines is 1. The molecule has 1 aliphatic rings. The van der Waals surface area contributed by atoms with Crippen molar-refractivity contribution in [3.63, 3.8) is 0 Å². The third kappa shape index (κ3) is 2.67. The van der Waals surface area contributed by atoms with Crippen molar-refractivity contribution < 1.29 is 4.79 Å². The van der Waals surface area contributed by atoms with Crippen LogP contribution in [0.25, 0.3) is 11.3 Å². The Balaban J connectivity index is 1.62. The van der Waals surface area contributed by atoms with Gasteiger partial charge in [0.1, 0.15) is 0 Å². The molecule has 0 saturated carbocycles. The molecule has 0 unspecified atom stereocenters. The van der Waals surface area contributed by atoms with E-state index in [1.54, 1.807) is 6.07 Å². The Morgan fingerprint density at radius 2 is 1.67 bits per heavy atom. The van der Waals surface area contributed by atoms with Crippen LogP contribution in [0.15, 0.2) is 66.7 Å². The molecule has 0 spiro atoms. The van der Waals surface area contributed by atoms with E-state index in [4.69, 9.17) is 0 Å². The number of rotatable bonds is 2. The van der Waals surface area contributed by atoms with Gasteiger partial charge in [-0.05, 0) is 36.6 Å². The fourth-order valence-electron chi connectivity index (χ4n) is 3.09. The molecule has 24 heavy (non-hydrogen) atoms. The second-order valence-corrected chi connectivity index (χ2v) is 5.86. The molecule has 0 saturated heterocycles. The van der Waals surface area contributed by atoms with Crippen LogP contribution in [-0.2, 0) is 6.42 Å². The Labute approximate surface area is 140 Å². The van der Waals surface area contributed by atoms with Gasteiger partial charge >= 0.3 is 0 Å². The Kier molecular flexibility index (Phi) is 3.79. The molecular formula is C20H17N3O. The van der Waals surface area contributed by atoms with Gasteiger partial charge in [-0.2, -0.15) is 0 Å². The zero-order chi connectivity index (χ0) is 16.4. The molecule has 2 heterocycles. The standard InChI is InChI=1S/C20H17N3O/c24-20(23-14-6-10-16-9-4-5-11-19(16)23)18-13-12-17(21-22-18)15-7-2-1-3-8-15/h1-5,7-9,11-13H,6,10,14H2. The molecular weight excluding hydrogens is 298 g/mol. The summed E-state index contributed by atoms with van der Waals surface area (Å²) in [6.45, 7) is 0.720. The third-order valence-electron chi connectivity index (χ3n) is 4.31. The van der Waals surface area contributed by atoms with Crippen molar-refractivity contribution in [3.8, 4) is 11.3 Å². The van der Waals surface area contributed by atoms with Gasteiger partial charge in [-0.15, -0.1) is 10.2 Å². The molecule has 0 bridgehead atoms. The number of amides is 1. The molecule has 3 aromatic rings. The van der Waals surface area contributed by atoms with Gasteiger partial charge < -0.3 is 4.90 Å². The van der Waals surface area contributed by atoms with Gasteiger partial charge in [-0.1, -0.05) is 48.5 Å². The van der Waals surface area contributed by atoms with Gasteiger partial charge in [0.2, 0.25) is 0 Å². The number of aryl methyl sites for hydroxylation is 1. The molecule has 0 atom stereocenters. The molecule has 1 aliphatic heterocycles. The van der Waals surface area contributed by atoms with Crippen LogP contribution in [0, 0.1) is 0 Å². The van der Waals surface area contributed by atoms with E-state index in [1.807, 2.05) is 59.5 Å².